The number of nitrogens with one attached hydrogen (secondary N) is 1. The van der Waals surface area contributed by atoms with Crippen molar-refractivity contribution in [1.82, 2.24) is 0 Å². The first-order chi connectivity index (χ1) is 12.0. The summed E-state index contributed by atoms with van der Waals surface area (Å²) in [7, 11) is 0. The minimum Gasteiger partial charge on any atom is -0.493 e. The van der Waals surface area contributed by atoms with Crippen LogP contribution in [0.25, 0.3) is 0 Å². The number of hydrogen-bond donors (Lipinski definition) is 1. The molecule has 2 aromatic rings. The molecule has 0 unspecified atom stereocenters. The molecule has 0 aromatic heterocycles. The average Bonchev–Trinajstić information content (AvgIpc) is 3.39. The lowest BCUT2D eigenvalue weighted by Crippen LogP contribution is -2.15. The van der Waals surface area contributed by atoms with Gasteiger partial charge in [0, 0.05) is 12.1 Å². The van der Waals surface area contributed by atoms with Crippen LogP contribution in [0, 0.1) is 28.8 Å². The van der Waals surface area contributed by atoms with Crippen molar-refractivity contribution in [1.29, 1.82) is 0 Å². The van der Waals surface area contributed by atoms with Gasteiger partial charge in [-0.15, -0.1) is 0 Å². The van der Waals surface area contributed by atoms with Crippen LogP contribution in [0.1, 0.15) is 28.8 Å². The van der Waals surface area contributed by atoms with Crippen molar-refractivity contribution in [2.45, 2.75) is 19.8 Å². The molecule has 25 heavy (non-hydrogen) atoms. The highest BCUT2D eigenvalue weighted by Crippen LogP contribution is 2.30. The maximum atomic E-state index is 14.2. The average molecular weight is 344 g/mol. The molecule has 1 fully saturated rings. The van der Waals surface area contributed by atoms with Crippen molar-refractivity contribution < 1.29 is 18.8 Å². The van der Waals surface area contributed by atoms with Crippen LogP contribution in [0.2, 0.25) is 0 Å². The minimum absolute atomic E-state index is 0.109. The van der Waals surface area contributed by atoms with Crippen LogP contribution < -0.4 is 10.1 Å². The van der Waals surface area contributed by atoms with Crippen molar-refractivity contribution in [2.24, 2.45) is 5.92 Å². The summed E-state index contributed by atoms with van der Waals surface area (Å²) in [6.45, 7) is 2.08. The minimum atomic E-state index is -0.700. The van der Waals surface area contributed by atoms with E-state index in [0.717, 1.165) is 12.8 Å². The number of benzene rings is 2. The predicted octanol–water partition coefficient (Wildman–Crippen LogP) is 4.08. The van der Waals surface area contributed by atoms with Crippen LogP contribution in [-0.4, -0.2) is 17.4 Å². The molecule has 7 heteroatoms. The number of nitro groups is 1. The molecule has 1 aliphatic carbocycles. The molecule has 6 nitrogen and oxygen atoms in total. The van der Waals surface area contributed by atoms with Crippen LogP contribution >= 0.6 is 0 Å². The van der Waals surface area contributed by atoms with Crippen LogP contribution in [0.4, 0.5) is 15.8 Å². The number of carbonyl (C=O) groups excluding carboxylic acids is 1. The number of hydrogen-bond acceptors (Lipinski definition) is 4. The molecule has 1 saturated carbocycles. The Bertz CT molecular complexity index is 834. The van der Waals surface area contributed by atoms with Gasteiger partial charge >= 0.3 is 0 Å². The number of ether oxygens (including phenoxy) is 1. The molecular weight excluding hydrogens is 327 g/mol. The zero-order valence-corrected chi connectivity index (χ0v) is 13.6. The number of carbonyl (C=O) groups is 1. The third kappa shape index (κ3) is 3.93. The summed E-state index contributed by atoms with van der Waals surface area (Å²) in [6.07, 6.45) is 2.26. The van der Waals surface area contributed by atoms with Crippen molar-refractivity contribution in [3.05, 3.63) is 63.5 Å². The Morgan fingerprint density at radius 3 is 2.76 bits per heavy atom. The van der Waals surface area contributed by atoms with Gasteiger partial charge in [0.25, 0.3) is 11.6 Å². The second-order valence-electron chi connectivity index (χ2n) is 6.06. The molecule has 130 valence electrons. The van der Waals surface area contributed by atoms with Crippen LogP contribution in [-0.2, 0) is 0 Å². The van der Waals surface area contributed by atoms with Gasteiger partial charge in [-0.25, -0.2) is 4.39 Å². The Morgan fingerprint density at radius 1 is 1.36 bits per heavy atom. The van der Waals surface area contributed by atoms with Crippen LogP contribution in [0.5, 0.6) is 5.75 Å². The van der Waals surface area contributed by atoms with E-state index in [-0.39, 0.29) is 16.9 Å². The van der Waals surface area contributed by atoms with E-state index in [1.54, 1.807) is 6.07 Å². The smallest absolute Gasteiger partial charge is 0.274 e. The summed E-state index contributed by atoms with van der Waals surface area (Å²) in [5, 5.41) is 13.5. The van der Waals surface area contributed by atoms with E-state index in [0.29, 0.717) is 23.8 Å². The first kappa shape index (κ1) is 16.9. The normalized spacial score (nSPS) is 13.4. The van der Waals surface area contributed by atoms with E-state index in [9.17, 15) is 19.3 Å². The topological polar surface area (TPSA) is 81.5 Å². The Morgan fingerprint density at radius 2 is 2.12 bits per heavy atom. The Hall–Kier alpha value is -2.96. The van der Waals surface area contributed by atoms with Crippen molar-refractivity contribution in [2.75, 3.05) is 11.9 Å². The summed E-state index contributed by atoms with van der Waals surface area (Å²) < 4.78 is 19.7. The first-order valence-corrected chi connectivity index (χ1v) is 7.93. The third-order valence-electron chi connectivity index (χ3n) is 4.12. The number of rotatable bonds is 6. The van der Waals surface area contributed by atoms with Gasteiger partial charge in [-0.05, 0) is 43.9 Å². The van der Waals surface area contributed by atoms with Gasteiger partial charge in [-0.2, -0.15) is 0 Å². The summed E-state index contributed by atoms with van der Waals surface area (Å²) in [5.74, 6) is -0.445. The van der Waals surface area contributed by atoms with Gasteiger partial charge in [0.2, 0.25) is 0 Å². The van der Waals surface area contributed by atoms with E-state index in [4.69, 9.17) is 4.74 Å². The number of nitro benzene ring substituents is 1. The maximum absolute atomic E-state index is 14.2. The van der Waals surface area contributed by atoms with Gasteiger partial charge in [-0.3, -0.25) is 14.9 Å². The van der Waals surface area contributed by atoms with Crippen molar-refractivity contribution >= 4 is 17.3 Å². The van der Waals surface area contributed by atoms with Crippen LogP contribution in [0.15, 0.2) is 36.4 Å². The number of amides is 1. The Balaban J connectivity index is 1.74. The van der Waals surface area contributed by atoms with Gasteiger partial charge in [-0.1, -0.05) is 6.07 Å². The zero-order valence-electron chi connectivity index (χ0n) is 13.6. The fourth-order valence-corrected chi connectivity index (χ4v) is 2.41. The highest BCUT2D eigenvalue weighted by Gasteiger charge is 2.22. The lowest BCUT2D eigenvalue weighted by atomic mass is 10.1. The molecule has 3 rings (SSSR count). The fraction of sp³-hybridized carbons (Fsp3) is 0.278. The second kappa shape index (κ2) is 6.88. The SMILES string of the molecule is Cc1c(NC(=O)c2ccc(OCC3CC3)cc2F)cccc1[N+](=O)[O-]. The van der Waals surface area contributed by atoms with E-state index in [2.05, 4.69) is 5.32 Å². The van der Waals surface area contributed by atoms with E-state index >= 15 is 0 Å². The Labute approximate surface area is 143 Å². The lowest BCUT2D eigenvalue weighted by Gasteiger charge is -2.10. The number of anilines is 1. The molecule has 0 radical (unpaired) electrons. The first-order valence-electron chi connectivity index (χ1n) is 7.93. The van der Waals surface area contributed by atoms with Gasteiger partial charge in [0.05, 0.1) is 28.3 Å². The molecule has 0 saturated heterocycles. The molecule has 0 atom stereocenters. The number of halogens is 1. The van der Waals surface area contributed by atoms with E-state index in [1.165, 1.54) is 37.3 Å². The Kier molecular flexibility index (Phi) is 4.65. The molecular formula is C18H17FN2O4. The molecule has 1 aliphatic rings. The quantitative estimate of drug-likeness (QED) is 0.632. The largest absolute Gasteiger partial charge is 0.493 e. The lowest BCUT2D eigenvalue weighted by molar-refractivity contribution is -0.385. The predicted molar refractivity (Wildman–Crippen MR) is 90.4 cm³/mol. The van der Waals surface area contributed by atoms with Gasteiger partial charge < -0.3 is 10.1 Å². The zero-order chi connectivity index (χ0) is 18.0. The maximum Gasteiger partial charge on any atom is 0.274 e. The summed E-state index contributed by atoms with van der Waals surface area (Å²) in [6, 6.07) is 8.41. The highest BCUT2D eigenvalue weighted by atomic mass is 19.1. The van der Waals surface area contributed by atoms with E-state index < -0.39 is 16.6 Å². The molecule has 1 N–H and O–H groups in total. The van der Waals surface area contributed by atoms with E-state index in [1.807, 2.05) is 0 Å². The van der Waals surface area contributed by atoms with Crippen molar-refractivity contribution in [3.63, 3.8) is 0 Å². The molecule has 0 heterocycles. The summed E-state index contributed by atoms with van der Waals surface area (Å²) >= 11 is 0. The molecule has 0 spiro atoms. The summed E-state index contributed by atoms with van der Waals surface area (Å²) in [5.41, 5.74) is 0.324. The molecule has 2 aromatic carbocycles. The molecule has 0 bridgehead atoms. The third-order valence-corrected chi connectivity index (χ3v) is 4.12. The fourth-order valence-electron chi connectivity index (χ4n) is 2.41. The van der Waals surface area contributed by atoms with Gasteiger partial charge in [0.1, 0.15) is 11.6 Å². The van der Waals surface area contributed by atoms with Crippen molar-refractivity contribution in [3.8, 4) is 5.75 Å². The highest BCUT2D eigenvalue weighted by molar-refractivity contribution is 6.05. The van der Waals surface area contributed by atoms with Crippen LogP contribution in [0.3, 0.4) is 0 Å². The second-order valence-corrected chi connectivity index (χ2v) is 6.06. The number of nitrogens with zero attached hydrogens (tertiary/aromatic N) is 1. The monoisotopic (exact) mass is 344 g/mol. The molecule has 0 aliphatic heterocycles. The van der Waals surface area contributed by atoms with Gasteiger partial charge in [0.15, 0.2) is 0 Å². The summed E-state index contributed by atoms with van der Waals surface area (Å²) in [4.78, 5) is 22.7. The molecule has 1 amide bonds. The standard InChI is InChI=1S/C18H17FN2O4/c1-11-16(3-2-4-17(11)21(23)24)20-18(22)14-8-7-13(9-15(14)19)25-10-12-5-6-12/h2-4,7-9,12H,5-6,10H2,1H3,(H,20,22).